The van der Waals surface area contributed by atoms with E-state index in [1.165, 1.54) is 30.6 Å². The summed E-state index contributed by atoms with van der Waals surface area (Å²) in [5.74, 6) is -1.99. The van der Waals surface area contributed by atoms with Gasteiger partial charge < -0.3 is 15.0 Å². The van der Waals surface area contributed by atoms with Crippen molar-refractivity contribution in [1.29, 1.82) is 0 Å². The van der Waals surface area contributed by atoms with Crippen molar-refractivity contribution in [2.24, 2.45) is 0 Å². The quantitative estimate of drug-likeness (QED) is 0.0721. The van der Waals surface area contributed by atoms with Gasteiger partial charge in [-0.15, -0.1) is 10.2 Å². The molecule has 0 saturated carbocycles. The van der Waals surface area contributed by atoms with Crippen molar-refractivity contribution in [3.8, 4) is 34.0 Å². The molecule has 0 radical (unpaired) electrons. The molecule has 1 atom stereocenters. The Balaban J connectivity index is 0.943. The summed E-state index contributed by atoms with van der Waals surface area (Å²) < 4.78 is 66.8. The first-order chi connectivity index (χ1) is 28.1. The Morgan fingerprint density at radius 3 is 2.62 bits per heavy atom. The van der Waals surface area contributed by atoms with Crippen molar-refractivity contribution in [2.75, 3.05) is 24.4 Å². The standard InChI is InChI=1S/C41H41F2N9O5S/c1-2-37(54)51-20-11-15-30(25-51)45-36(53)17-8-3-4-9-21-57-41-32-23-29(24-44-40(32)47-48-41)35-26-52(50-46-35)39-33(42)18-19-34(38(39)43)49-58(55,56)31-16-10-14-28(22-31)27-12-6-5-7-13-27/h2,5-7,10,12-14,16,18-19,22-24,26,30,49H,1,3-4,8-9,11,15,17,20-21,25H2,(H,45,53)(H,44,47,48). The number of piperidine rings is 1. The maximum absolute atomic E-state index is 15.9. The third-order valence-electron chi connectivity index (χ3n) is 9.77. The van der Waals surface area contributed by atoms with E-state index in [4.69, 9.17) is 4.74 Å². The lowest BCUT2D eigenvalue weighted by atomic mass is 10.0. The third-order valence-corrected chi connectivity index (χ3v) is 11.1. The highest BCUT2D eigenvalue weighted by Gasteiger charge is 2.25. The molecular weight excluding hydrogens is 769 g/mol. The predicted octanol–water partition coefficient (Wildman–Crippen LogP) is 6.57. The van der Waals surface area contributed by atoms with E-state index in [2.05, 4.69) is 42.1 Å². The number of unbranched alkanes of at least 4 members (excludes halogenated alkanes) is 3. The zero-order chi connectivity index (χ0) is 40.6. The molecule has 0 aliphatic carbocycles. The molecule has 58 heavy (non-hydrogen) atoms. The molecule has 3 aromatic carbocycles. The van der Waals surface area contributed by atoms with Crippen molar-refractivity contribution in [2.45, 2.75) is 55.9 Å². The molecule has 17 heteroatoms. The number of likely N-dealkylation sites (tertiary alicyclic amines) is 1. The number of carbonyl (C=O) groups is 2. The SMILES string of the molecule is C=CC(=O)N1CCCC(NC(=O)CCCCCCOc2n[nH]c3ncc(-c4cn(-c5c(F)ccc(NS(=O)(=O)c6cccc(-c7ccccc7)c6)c5F)nn4)cc23)C1. The monoisotopic (exact) mass is 809 g/mol. The van der Waals surface area contributed by atoms with Crippen molar-refractivity contribution >= 4 is 38.6 Å². The Morgan fingerprint density at radius 1 is 0.983 bits per heavy atom. The van der Waals surface area contributed by atoms with Crippen LogP contribution in [0.1, 0.15) is 44.9 Å². The average molecular weight is 810 g/mol. The summed E-state index contributed by atoms with van der Waals surface area (Å²) in [5, 5.41) is 18.7. The molecule has 0 bridgehead atoms. The number of hydrogen-bond donors (Lipinski definition) is 3. The second kappa shape index (κ2) is 17.8. The maximum Gasteiger partial charge on any atom is 0.262 e. The Labute approximate surface area is 333 Å². The number of hydrogen-bond acceptors (Lipinski definition) is 9. The van der Waals surface area contributed by atoms with Crippen LogP contribution >= 0.6 is 0 Å². The number of nitrogens with one attached hydrogen (secondary N) is 3. The molecule has 2 amide bonds. The van der Waals surface area contributed by atoms with E-state index in [1.807, 2.05) is 30.3 Å². The number of halogens is 2. The van der Waals surface area contributed by atoms with Gasteiger partial charge in [0.1, 0.15) is 11.4 Å². The molecule has 3 N–H and O–H groups in total. The minimum Gasteiger partial charge on any atom is -0.476 e. The highest BCUT2D eigenvalue weighted by atomic mass is 32.2. The summed E-state index contributed by atoms with van der Waals surface area (Å²) in [7, 11) is -4.27. The second-order valence-corrected chi connectivity index (χ2v) is 15.5. The molecule has 1 aliphatic rings. The van der Waals surface area contributed by atoms with Crippen molar-refractivity contribution in [1.82, 2.24) is 40.4 Å². The zero-order valence-electron chi connectivity index (χ0n) is 31.4. The van der Waals surface area contributed by atoms with Crippen LogP contribution in [0.4, 0.5) is 14.5 Å². The number of nitrogens with zero attached hydrogens (tertiary/aromatic N) is 6. The van der Waals surface area contributed by atoms with Crippen LogP contribution in [0.25, 0.3) is 39.1 Å². The molecule has 300 valence electrons. The number of H-pyrrole nitrogens is 1. The van der Waals surface area contributed by atoms with Gasteiger partial charge in [-0.05, 0) is 73.2 Å². The fraction of sp³-hybridized carbons (Fsp3) is 0.268. The zero-order valence-corrected chi connectivity index (χ0v) is 32.2. The van der Waals surface area contributed by atoms with Gasteiger partial charge in [0.15, 0.2) is 17.3 Å². The maximum atomic E-state index is 15.9. The average Bonchev–Trinajstić information content (AvgIpc) is 3.89. The minimum atomic E-state index is -4.27. The van der Waals surface area contributed by atoms with Gasteiger partial charge in [0, 0.05) is 37.3 Å². The van der Waals surface area contributed by atoms with E-state index < -0.39 is 33.0 Å². The predicted molar refractivity (Wildman–Crippen MR) is 213 cm³/mol. The fourth-order valence-electron chi connectivity index (χ4n) is 6.78. The number of anilines is 1. The van der Waals surface area contributed by atoms with Gasteiger partial charge in [-0.25, -0.2) is 26.9 Å². The molecule has 6 aromatic rings. The summed E-state index contributed by atoms with van der Waals surface area (Å²) in [6.45, 7) is 5.09. The topological polar surface area (TPSA) is 177 Å². The smallest absolute Gasteiger partial charge is 0.262 e. The summed E-state index contributed by atoms with van der Waals surface area (Å²) in [5.41, 5.74) is 1.51. The summed E-state index contributed by atoms with van der Waals surface area (Å²) >= 11 is 0. The van der Waals surface area contributed by atoms with E-state index in [0.29, 0.717) is 54.2 Å². The van der Waals surface area contributed by atoms with Crippen LogP contribution in [-0.4, -0.2) is 81.0 Å². The molecule has 14 nitrogen and oxygen atoms in total. The number of aromatic amines is 1. The first-order valence-corrected chi connectivity index (χ1v) is 20.3. The van der Waals surface area contributed by atoms with Gasteiger partial charge in [0.2, 0.25) is 17.7 Å². The highest BCUT2D eigenvalue weighted by molar-refractivity contribution is 7.92. The van der Waals surface area contributed by atoms with E-state index in [0.717, 1.165) is 60.9 Å². The highest BCUT2D eigenvalue weighted by Crippen LogP contribution is 2.30. The van der Waals surface area contributed by atoms with Gasteiger partial charge in [0.05, 0.1) is 28.8 Å². The number of rotatable bonds is 16. The van der Waals surface area contributed by atoms with E-state index in [-0.39, 0.29) is 28.4 Å². The molecule has 4 heterocycles. The number of pyridine rings is 1. The Morgan fingerprint density at radius 2 is 1.79 bits per heavy atom. The van der Waals surface area contributed by atoms with Crippen LogP contribution in [0.2, 0.25) is 0 Å². The summed E-state index contributed by atoms with van der Waals surface area (Å²) in [6, 6.07) is 19.0. The van der Waals surface area contributed by atoms with Crippen molar-refractivity contribution < 1.29 is 31.5 Å². The van der Waals surface area contributed by atoms with Gasteiger partial charge in [-0.1, -0.05) is 67.1 Å². The molecule has 0 spiro atoms. The van der Waals surface area contributed by atoms with Crippen LogP contribution in [-0.2, 0) is 19.6 Å². The lowest BCUT2D eigenvalue weighted by molar-refractivity contribution is -0.129. The Kier molecular flexibility index (Phi) is 12.2. The number of ether oxygens (including phenoxy) is 1. The van der Waals surface area contributed by atoms with E-state index >= 15 is 8.78 Å². The van der Waals surface area contributed by atoms with Crippen molar-refractivity contribution in [3.63, 3.8) is 0 Å². The van der Waals surface area contributed by atoms with E-state index in [9.17, 15) is 18.0 Å². The lowest BCUT2D eigenvalue weighted by Crippen LogP contribution is -2.49. The molecule has 1 aliphatic heterocycles. The van der Waals surface area contributed by atoms with Crippen LogP contribution in [0, 0.1) is 11.6 Å². The number of benzene rings is 3. The fourth-order valence-corrected chi connectivity index (χ4v) is 7.88. The number of carbonyl (C=O) groups excluding carboxylic acids is 2. The largest absolute Gasteiger partial charge is 0.476 e. The van der Waals surface area contributed by atoms with E-state index in [1.54, 1.807) is 23.1 Å². The van der Waals surface area contributed by atoms with Gasteiger partial charge in [-0.3, -0.25) is 19.4 Å². The molecule has 1 unspecified atom stereocenters. The van der Waals surface area contributed by atoms with Gasteiger partial charge in [-0.2, -0.15) is 0 Å². The number of amides is 2. The summed E-state index contributed by atoms with van der Waals surface area (Å²) in [4.78, 5) is 30.4. The van der Waals surface area contributed by atoms with Gasteiger partial charge >= 0.3 is 0 Å². The number of sulfonamides is 1. The van der Waals surface area contributed by atoms with Crippen LogP contribution in [0.5, 0.6) is 5.88 Å². The van der Waals surface area contributed by atoms with Gasteiger partial charge in [0.25, 0.3) is 10.0 Å². The van der Waals surface area contributed by atoms with Crippen LogP contribution in [0.3, 0.4) is 0 Å². The lowest BCUT2D eigenvalue weighted by Gasteiger charge is -2.32. The molecular formula is C41H41F2N9O5S. The number of fused-ring (bicyclic) bond motifs is 1. The van der Waals surface area contributed by atoms with Crippen LogP contribution in [0.15, 0.2) is 103 Å². The normalized spacial score (nSPS) is 14.3. The molecule has 1 saturated heterocycles. The molecule has 3 aromatic heterocycles. The second-order valence-electron chi connectivity index (χ2n) is 13.9. The Hall–Kier alpha value is -6.49. The number of aromatic nitrogens is 6. The summed E-state index contributed by atoms with van der Waals surface area (Å²) in [6.07, 6.45) is 9.33. The van der Waals surface area contributed by atoms with Crippen LogP contribution < -0.4 is 14.8 Å². The molecule has 1 fully saturated rings. The Bertz CT molecular complexity index is 2550. The minimum absolute atomic E-state index is 0.0199. The first-order valence-electron chi connectivity index (χ1n) is 18.9. The first kappa shape index (κ1) is 39.7. The van der Waals surface area contributed by atoms with Crippen molar-refractivity contribution in [3.05, 3.63) is 109 Å². The third kappa shape index (κ3) is 9.20. The molecule has 7 rings (SSSR count).